The summed E-state index contributed by atoms with van der Waals surface area (Å²) in [5.74, 6) is -0.879. The van der Waals surface area contributed by atoms with Crippen LogP contribution in [0.4, 0.5) is 0 Å². The van der Waals surface area contributed by atoms with Gasteiger partial charge in [0.25, 0.3) is 0 Å². The Morgan fingerprint density at radius 1 is 1.53 bits per heavy atom. The largest absolute Gasteiger partial charge is 0.458 e. The SMILES string of the molecule is C=C(C)[C@H]1OC(C)(C)O[C@H]1CC1=CCOC1=O. The van der Waals surface area contributed by atoms with E-state index >= 15 is 0 Å². The van der Waals surface area contributed by atoms with Crippen molar-refractivity contribution >= 4 is 5.97 Å². The lowest BCUT2D eigenvalue weighted by atomic mass is 10.0. The Morgan fingerprint density at radius 2 is 2.24 bits per heavy atom. The molecule has 4 nitrogen and oxygen atoms in total. The van der Waals surface area contributed by atoms with E-state index in [1.54, 1.807) is 6.08 Å². The average molecular weight is 238 g/mol. The molecule has 0 saturated carbocycles. The Labute approximate surface area is 101 Å². The van der Waals surface area contributed by atoms with Crippen LogP contribution in [0.25, 0.3) is 0 Å². The fourth-order valence-electron chi connectivity index (χ4n) is 2.18. The molecule has 0 aromatic heterocycles. The average Bonchev–Trinajstić information content (AvgIpc) is 2.72. The highest BCUT2D eigenvalue weighted by Gasteiger charge is 2.42. The Balaban J connectivity index is 2.09. The lowest BCUT2D eigenvalue weighted by molar-refractivity contribution is -0.145. The van der Waals surface area contributed by atoms with Gasteiger partial charge in [0.15, 0.2) is 5.79 Å². The number of rotatable bonds is 3. The smallest absolute Gasteiger partial charge is 0.334 e. The molecule has 0 N–H and O–H groups in total. The summed E-state index contributed by atoms with van der Waals surface area (Å²) in [5, 5.41) is 0. The molecule has 2 rings (SSSR count). The molecule has 0 aromatic rings. The number of esters is 1. The van der Waals surface area contributed by atoms with Gasteiger partial charge in [-0.15, -0.1) is 0 Å². The molecule has 0 spiro atoms. The van der Waals surface area contributed by atoms with Crippen molar-refractivity contribution in [2.45, 2.75) is 45.2 Å². The summed E-state index contributed by atoms with van der Waals surface area (Å²) < 4.78 is 16.4. The molecule has 0 aliphatic carbocycles. The minimum absolute atomic E-state index is 0.167. The van der Waals surface area contributed by atoms with Crippen molar-refractivity contribution in [3.63, 3.8) is 0 Å². The molecule has 0 aromatic carbocycles. The predicted molar refractivity (Wildman–Crippen MR) is 62.3 cm³/mol. The summed E-state index contributed by atoms with van der Waals surface area (Å²) in [5.41, 5.74) is 1.58. The highest BCUT2D eigenvalue weighted by atomic mass is 16.7. The first-order valence-electron chi connectivity index (χ1n) is 5.76. The molecule has 94 valence electrons. The number of hydrogen-bond donors (Lipinski definition) is 0. The van der Waals surface area contributed by atoms with Crippen LogP contribution in [0.3, 0.4) is 0 Å². The van der Waals surface area contributed by atoms with Gasteiger partial charge in [0.2, 0.25) is 0 Å². The maximum Gasteiger partial charge on any atom is 0.334 e. The van der Waals surface area contributed by atoms with Crippen LogP contribution >= 0.6 is 0 Å². The van der Waals surface area contributed by atoms with Crippen molar-refractivity contribution in [2.75, 3.05) is 6.61 Å². The molecule has 2 aliphatic heterocycles. The maximum atomic E-state index is 11.4. The normalized spacial score (nSPS) is 31.2. The quantitative estimate of drug-likeness (QED) is 0.557. The summed E-state index contributed by atoms with van der Waals surface area (Å²) in [7, 11) is 0. The van der Waals surface area contributed by atoms with Gasteiger partial charge in [0.1, 0.15) is 12.7 Å². The van der Waals surface area contributed by atoms with E-state index in [1.807, 2.05) is 20.8 Å². The molecular formula is C13H18O4. The fraction of sp³-hybridized carbons (Fsp3) is 0.615. The zero-order valence-corrected chi connectivity index (χ0v) is 10.5. The van der Waals surface area contributed by atoms with Gasteiger partial charge in [-0.05, 0) is 32.4 Å². The van der Waals surface area contributed by atoms with Gasteiger partial charge in [-0.2, -0.15) is 0 Å². The summed E-state index contributed by atoms with van der Waals surface area (Å²) in [6, 6.07) is 0. The van der Waals surface area contributed by atoms with Crippen molar-refractivity contribution in [3.8, 4) is 0 Å². The summed E-state index contributed by atoms with van der Waals surface area (Å²) in [6.07, 6.45) is 1.98. The number of carbonyl (C=O) groups excluding carboxylic acids is 1. The maximum absolute atomic E-state index is 11.4. The van der Waals surface area contributed by atoms with Gasteiger partial charge in [-0.25, -0.2) is 4.79 Å². The third-order valence-corrected chi connectivity index (χ3v) is 2.90. The van der Waals surface area contributed by atoms with Crippen molar-refractivity contribution in [2.24, 2.45) is 0 Å². The molecule has 1 saturated heterocycles. The van der Waals surface area contributed by atoms with E-state index in [2.05, 4.69) is 6.58 Å². The molecule has 4 heteroatoms. The molecule has 0 unspecified atom stereocenters. The highest BCUT2D eigenvalue weighted by Crippen LogP contribution is 2.35. The van der Waals surface area contributed by atoms with Crippen LogP contribution in [-0.2, 0) is 19.0 Å². The van der Waals surface area contributed by atoms with Crippen LogP contribution in [0, 0.1) is 0 Å². The van der Waals surface area contributed by atoms with E-state index in [0.29, 0.717) is 18.6 Å². The van der Waals surface area contributed by atoms with Gasteiger partial charge in [-0.3, -0.25) is 0 Å². The summed E-state index contributed by atoms with van der Waals surface area (Å²) in [6.45, 7) is 9.91. The third kappa shape index (κ3) is 2.58. The summed E-state index contributed by atoms with van der Waals surface area (Å²) in [4.78, 5) is 11.4. The molecule has 2 atom stereocenters. The lowest BCUT2D eigenvalue weighted by Crippen LogP contribution is -2.24. The molecule has 2 aliphatic rings. The van der Waals surface area contributed by atoms with E-state index in [4.69, 9.17) is 14.2 Å². The van der Waals surface area contributed by atoms with E-state index in [9.17, 15) is 4.79 Å². The zero-order valence-electron chi connectivity index (χ0n) is 10.5. The molecule has 0 radical (unpaired) electrons. The first kappa shape index (κ1) is 12.3. The van der Waals surface area contributed by atoms with Crippen LogP contribution in [0.2, 0.25) is 0 Å². The van der Waals surface area contributed by atoms with Gasteiger partial charge >= 0.3 is 5.97 Å². The molecular weight excluding hydrogens is 220 g/mol. The minimum Gasteiger partial charge on any atom is -0.458 e. The molecule has 0 bridgehead atoms. The second-order valence-corrected chi connectivity index (χ2v) is 4.97. The number of cyclic esters (lactones) is 1. The fourth-order valence-corrected chi connectivity index (χ4v) is 2.18. The number of carbonyl (C=O) groups is 1. The molecule has 1 fully saturated rings. The van der Waals surface area contributed by atoms with Crippen LogP contribution in [0.1, 0.15) is 27.2 Å². The predicted octanol–water partition coefficient (Wildman–Crippen LogP) is 1.96. The Hall–Kier alpha value is -1.13. The van der Waals surface area contributed by atoms with Crippen molar-refractivity contribution in [1.29, 1.82) is 0 Å². The zero-order chi connectivity index (χ0) is 12.6. The Morgan fingerprint density at radius 3 is 2.76 bits per heavy atom. The van der Waals surface area contributed by atoms with E-state index in [0.717, 1.165) is 5.57 Å². The van der Waals surface area contributed by atoms with Gasteiger partial charge in [0.05, 0.1) is 6.10 Å². The summed E-state index contributed by atoms with van der Waals surface area (Å²) >= 11 is 0. The first-order valence-corrected chi connectivity index (χ1v) is 5.76. The van der Waals surface area contributed by atoms with Crippen LogP contribution in [0.15, 0.2) is 23.8 Å². The highest BCUT2D eigenvalue weighted by molar-refractivity contribution is 5.90. The van der Waals surface area contributed by atoms with Gasteiger partial charge < -0.3 is 14.2 Å². The third-order valence-electron chi connectivity index (χ3n) is 2.90. The minimum atomic E-state index is -0.628. The Bertz CT molecular complexity index is 381. The topological polar surface area (TPSA) is 44.8 Å². The van der Waals surface area contributed by atoms with Gasteiger partial charge in [0, 0.05) is 12.0 Å². The second-order valence-electron chi connectivity index (χ2n) is 4.97. The van der Waals surface area contributed by atoms with E-state index < -0.39 is 5.79 Å². The molecule has 17 heavy (non-hydrogen) atoms. The van der Waals surface area contributed by atoms with Crippen molar-refractivity contribution in [1.82, 2.24) is 0 Å². The van der Waals surface area contributed by atoms with E-state index in [1.165, 1.54) is 0 Å². The van der Waals surface area contributed by atoms with E-state index in [-0.39, 0.29) is 18.2 Å². The van der Waals surface area contributed by atoms with Gasteiger partial charge in [-0.1, -0.05) is 6.58 Å². The van der Waals surface area contributed by atoms with Crippen LogP contribution < -0.4 is 0 Å². The molecule has 2 heterocycles. The lowest BCUT2D eigenvalue weighted by Gasteiger charge is -2.16. The first-order chi connectivity index (χ1) is 7.89. The van der Waals surface area contributed by atoms with Crippen LogP contribution in [-0.4, -0.2) is 30.6 Å². The standard InChI is InChI=1S/C13H18O4/c1-8(2)11-10(16-13(3,4)17-11)7-9-5-6-15-12(9)14/h5,10-11H,1,6-7H2,2-4H3/t10-,11+/m0/s1. The Kier molecular flexibility index (Phi) is 3.10. The van der Waals surface area contributed by atoms with Crippen molar-refractivity contribution in [3.05, 3.63) is 23.8 Å². The second kappa shape index (κ2) is 4.27. The monoisotopic (exact) mass is 238 g/mol. The van der Waals surface area contributed by atoms with Crippen molar-refractivity contribution < 1.29 is 19.0 Å². The molecule has 0 amide bonds. The number of ether oxygens (including phenoxy) is 3. The van der Waals surface area contributed by atoms with Crippen LogP contribution in [0.5, 0.6) is 0 Å². The number of hydrogen-bond acceptors (Lipinski definition) is 4.